The van der Waals surface area contributed by atoms with Gasteiger partial charge in [-0.1, -0.05) is 44.2 Å². The minimum atomic E-state index is -3.86. The van der Waals surface area contributed by atoms with Crippen LogP contribution in [-0.4, -0.2) is 44.8 Å². The third kappa shape index (κ3) is 7.49. The van der Waals surface area contributed by atoms with Gasteiger partial charge in [-0.15, -0.1) is 0 Å². The molecule has 2 rings (SSSR count). The molecular weight excluding hydrogens is 406 g/mol. The highest BCUT2D eigenvalue weighted by molar-refractivity contribution is 7.92. The lowest BCUT2D eigenvalue weighted by molar-refractivity contribution is -0.136. The lowest BCUT2D eigenvalue weighted by atomic mass is 10.0. The van der Waals surface area contributed by atoms with Gasteiger partial charge in [0.1, 0.15) is 11.8 Å². The summed E-state index contributed by atoms with van der Waals surface area (Å²) in [4.78, 5) is 26.1. The van der Waals surface area contributed by atoms with Crippen LogP contribution in [0.4, 0.5) is 0 Å². The predicted molar refractivity (Wildman–Crippen MR) is 114 cm³/mol. The third-order valence-corrected chi connectivity index (χ3v) is 5.34. The van der Waals surface area contributed by atoms with Crippen molar-refractivity contribution in [3.05, 3.63) is 65.5 Å². The van der Waals surface area contributed by atoms with Crippen molar-refractivity contribution in [3.63, 3.8) is 0 Å². The SMILES string of the molecule is CC(C)C(NS(=O)(=O)/C=C/c1ccccc1)C(=O)N(C)CC(=O)NCc1ccco1. The fraction of sp³-hybridized carbons (Fsp3) is 0.333. The van der Waals surface area contributed by atoms with Gasteiger partial charge in [0.15, 0.2) is 0 Å². The van der Waals surface area contributed by atoms with Crippen LogP contribution in [0.1, 0.15) is 25.2 Å². The summed E-state index contributed by atoms with van der Waals surface area (Å²) in [7, 11) is -2.41. The zero-order valence-electron chi connectivity index (χ0n) is 17.2. The standard InChI is InChI=1S/C21H27N3O5S/c1-16(2)20(23-30(27,28)13-11-17-8-5-4-6-9-17)21(26)24(3)15-19(25)22-14-18-10-7-12-29-18/h4-13,16,20,23H,14-15H2,1-3H3,(H,22,25)/b13-11+. The number of nitrogens with zero attached hydrogens (tertiary/aromatic N) is 1. The number of sulfonamides is 1. The van der Waals surface area contributed by atoms with E-state index in [9.17, 15) is 18.0 Å². The van der Waals surface area contributed by atoms with Crippen molar-refractivity contribution in [2.24, 2.45) is 5.92 Å². The van der Waals surface area contributed by atoms with Gasteiger partial charge in [-0.3, -0.25) is 9.59 Å². The van der Waals surface area contributed by atoms with Crippen molar-refractivity contribution in [2.75, 3.05) is 13.6 Å². The van der Waals surface area contributed by atoms with Crippen molar-refractivity contribution < 1.29 is 22.4 Å². The Balaban J connectivity index is 1.97. The minimum absolute atomic E-state index is 0.204. The van der Waals surface area contributed by atoms with Gasteiger partial charge in [0.2, 0.25) is 21.8 Å². The Morgan fingerprint density at radius 3 is 2.43 bits per heavy atom. The molecule has 0 aliphatic heterocycles. The lowest BCUT2D eigenvalue weighted by Gasteiger charge is -2.26. The number of amides is 2. The van der Waals surface area contributed by atoms with Gasteiger partial charge in [0.25, 0.3) is 0 Å². The van der Waals surface area contributed by atoms with Gasteiger partial charge < -0.3 is 14.6 Å². The Bertz CT molecular complexity index is 954. The molecule has 2 N–H and O–H groups in total. The van der Waals surface area contributed by atoms with Gasteiger partial charge in [0, 0.05) is 12.5 Å². The van der Waals surface area contributed by atoms with Gasteiger partial charge >= 0.3 is 0 Å². The first-order chi connectivity index (χ1) is 14.2. The summed E-state index contributed by atoms with van der Waals surface area (Å²) in [6.45, 7) is 3.47. The van der Waals surface area contributed by atoms with Gasteiger partial charge in [0.05, 0.1) is 19.4 Å². The number of furan rings is 1. The molecule has 1 aromatic carbocycles. The van der Waals surface area contributed by atoms with Crippen LogP contribution in [0.5, 0.6) is 0 Å². The number of carbonyl (C=O) groups is 2. The maximum atomic E-state index is 12.8. The second kappa shape index (κ2) is 10.7. The molecule has 9 heteroatoms. The molecule has 1 unspecified atom stereocenters. The molecule has 8 nitrogen and oxygen atoms in total. The Kier molecular flexibility index (Phi) is 8.37. The first-order valence-corrected chi connectivity index (χ1v) is 11.0. The molecule has 30 heavy (non-hydrogen) atoms. The number of rotatable bonds is 10. The zero-order chi connectivity index (χ0) is 22.1. The van der Waals surface area contributed by atoms with E-state index in [0.717, 1.165) is 11.0 Å². The molecule has 1 heterocycles. The van der Waals surface area contributed by atoms with Gasteiger partial charge in [-0.05, 0) is 29.7 Å². The monoisotopic (exact) mass is 433 g/mol. The Labute approximate surface area is 177 Å². The van der Waals surface area contributed by atoms with E-state index in [0.29, 0.717) is 5.76 Å². The van der Waals surface area contributed by atoms with E-state index in [-0.39, 0.29) is 24.9 Å². The van der Waals surface area contributed by atoms with Crippen LogP contribution >= 0.6 is 0 Å². The Hall–Kier alpha value is -2.91. The van der Waals surface area contributed by atoms with Gasteiger partial charge in [-0.2, -0.15) is 4.72 Å². The van der Waals surface area contributed by atoms with Crippen LogP contribution in [-0.2, 0) is 26.2 Å². The van der Waals surface area contributed by atoms with Crippen molar-refractivity contribution in [1.82, 2.24) is 14.9 Å². The first-order valence-electron chi connectivity index (χ1n) is 9.47. The molecule has 0 fully saturated rings. The largest absolute Gasteiger partial charge is 0.467 e. The first kappa shape index (κ1) is 23.4. The van der Waals surface area contributed by atoms with E-state index in [2.05, 4.69) is 10.0 Å². The second-order valence-corrected chi connectivity index (χ2v) is 8.75. The quantitative estimate of drug-likeness (QED) is 0.595. The highest BCUT2D eigenvalue weighted by Gasteiger charge is 2.29. The fourth-order valence-electron chi connectivity index (χ4n) is 2.61. The van der Waals surface area contributed by atoms with E-state index >= 15 is 0 Å². The molecule has 2 amide bonds. The van der Waals surface area contributed by atoms with Gasteiger partial charge in [-0.25, -0.2) is 8.42 Å². The van der Waals surface area contributed by atoms with Crippen LogP contribution in [0.15, 0.2) is 58.6 Å². The number of hydrogen-bond acceptors (Lipinski definition) is 5. The smallest absolute Gasteiger partial charge is 0.241 e. The number of benzene rings is 1. The molecule has 1 aromatic heterocycles. The second-order valence-electron chi connectivity index (χ2n) is 7.15. The van der Waals surface area contributed by atoms with E-state index in [1.165, 1.54) is 24.3 Å². The summed E-state index contributed by atoms with van der Waals surface area (Å²) in [5.41, 5.74) is 0.723. The van der Waals surface area contributed by atoms with E-state index < -0.39 is 22.0 Å². The minimum Gasteiger partial charge on any atom is -0.467 e. The predicted octanol–water partition coefficient (Wildman–Crippen LogP) is 1.97. The van der Waals surface area contributed by atoms with Crippen molar-refractivity contribution in [1.29, 1.82) is 0 Å². The van der Waals surface area contributed by atoms with Crippen LogP contribution in [0.3, 0.4) is 0 Å². The molecule has 0 bridgehead atoms. The maximum Gasteiger partial charge on any atom is 0.241 e. The van der Waals surface area contributed by atoms with Crippen molar-refractivity contribution >= 4 is 27.9 Å². The Morgan fingerprint density at radius 1 is 1.13 bits per heavy atom. The van der Waals surface area contributed by atoms with Crippen LogP contribution in [0.25, 0.3) is 6.08 Å². The van der Waals surface area contributed by atoms with Crippen LogP contribution in [0, 0.1) is 5.92 Å². The molecule has 162 valence electrons. The van der Waals surface area contributed by atoms with E-state index in [4.69, 9.17) is 4.42 Å². The molecular formula is C21H27N3O5S. The van der Waals surface area contributed by atoms with Crippen molar-refractivity contribution in [2.45, 2.75) is 26.4 Å². The molecule has 2 aromatic rings. The lowest BCUT2D eigenvalue weighted by Crippen LogP contribution is -2.51. The molecule has 0 radical (unpaired) electrons. The maximum absolute atomic E-state index is 12.8. The number of carbonyl (C=O) groups excluding carboxylic acids is 2. The third-order valence-electron chi connectivity index (χ3n) is 4.26. The van der Waals surface area contributed by atoms with Crippen LogP contribution < -0.4 is 10.0 Å². The summed E-state index contributed by atoms with van der Waals surface area (Å²) < 4.78 is 32.4. The highest BCUT2D eigenvalue weighted by Crippen LogP contribution is 2.09. The summed E-state index contributed by atoms with van der Waals surface area (Å²) in [5, 5.41) is 3.68. The number of likely N-dealkylation sites (N-methyl/N-ethyl adjacent to an activating group) is 1. The molecule has 0 spiro atoms. The van der Waals surface area contributed by atoms with E-state index in [1.807, 2.05) is 6.07 Å². The average molecular weight is 434 g/mol. The van der Waals surface area contributed by atoms with Crippen molar-refractivity contribution in [3.8, 4) is 0 Å². The fourth-order valence-corrected chi connectivity index (χ4v) is 3.75. The highest BCUT2D eigenvalue weighted by atomic mass is 32.2. The van der Waals surface area contributed by atoms with Crippen LogP contribution in [0.2, 0.25) is 0 Å². The Morgan fingerprint density at radius 2 is 1.83 bits per heavy atom. The summed E-state index contributed by atoms with van der Waals surface area (Å²) in [6.07, 6.45) is 2.96. The summed E-state index contributed by atoms with van der Waals surface area (Å²) in [5.74, 6) is -0.590. The van der Waals surface area contributed by atoms with E-state index in [1.54, 1.807) is 50.2 Å². The number of hydrogen-bond donors (Lipinski definition) is 2. The molecule has 0 saturated carbocycles. The molecule has 1 atom stereocenters. The summed E-state index contributed by atoms with van der Waals surface area (Å²) in [6, 6.07) is 11.4. The molecule has 0 saturated heterocycles. The summed E-state index contributed by atoms with van der Waals surface area (Å²) >= 11 is 0. The topological polar surface area (TPSA) is 109 Å². The average Bonchev–Trinajstić information content (AvgIpc) is 3.23. The normalized spacial score (nSPS) is 12.8. The zero-order valence-corrected chi connectivity index (χ0v) is 18.1. The molecule has 0 aliphatic rings. The number of nitrogens with one attached hydrogen (secondary N) is 2. The molecule has 0 aliphatic carbocycles.